The average Bonchev–Trinajstić information content (AvgIpc) is 3.69. The highest BCUT2D eigenvalue weighted by Gasteiger charge is 2.45. The van der Waals surface area contributed by atoms with Crippen LogP contribution in [0.4, 0.5) is 11.4 Å². The molecule has 0 spiro atoms. The van der Waals surface area contributed by atoms with Crippen LogP contribution in [0.1, 0.15) is 30.9 Å². The van der Waals surface area contributed by atoms with E-state index in [1.807, 2.05) is 0 Å². The van der Waals surface area contributed by atoms with Crippen molar-refractivity contribution in [3.63, 3.8) is 0 Å². The Morgan fingerprint density at radius 3 is 2.09 bits per heavy atom. The first-order valence-electron chi connectivity index (χ1n) is 19.4. The predicted molar refractivity (Wildman–Crippen MR) is 233 cm³/mol. The molecule has 2 unspecified atom stereocenters. The van der Waals surface area contributed by atoms with Gasteiger partial charge in [-0.05, 0) is 104 Å². The molecule has 55 heavy (non-hydrogen) atoms. The minimum Gasteiger partial charge on any atom is -0.310 e. The number of para-hydroxylation sites is 1. The van der Waals surface area contributed by atoms with E-state index in [-0.39, 0.29) is 5.41 Å². The minimum atomic E-state index is 0.0780. The third kappa shape index (κ3) is 4.95. The van der Waals surface area contributed by atoms with Crippen molar-refractivity contribution in [2.45, 2.75) is 25.2 Å². The number of nitrogens with zero attached hydrogens (tertiary/aromatic N) is 2. The molecule has 2 heteroatoms. The van der Waals surface area contributed by atoms with Gasteiger partial charge >= 0.3 is 0 Å². The molecule has 0 radical (unpaired) electrons. The Morgan fingerprint density at radius 1 is 0.527 bits per heavy atom. The van der Waals surface area contributed by atoms with Crippen LogP contribution in [0.25, 0.3) is 60.2 Å². The summed E-state index contributed by atoms with van der Waals surface area (Å²) in [5.74, 6) is 0.749. The van der Waals surface area contributed by atoms with Gasteiger partial charge in [-0.2, -0.15) is 0 Å². The molecular formula is C53H40N2. The molecule has 11 rings (SSSR count). The number of anilines is 2. The summed E-state index contributed by atoms with van der Waals surface area (Å²) < 4.78 is 2.41. The van der Waals surface area contributed by atoms with E-state index in [2.05, 4.69) is 217 Å². The summed E-state index contributed by atoms with van der Waals surface area (Å²) in [4.78, 5) is 2.47. The van der Waals surface area contributed by atoms with Crippen LogP contribution in [0.15, 0.2) is 200 Å². The predicted octanol–water partition coefficient (Wildman–Crippen LogP) is 14.0. The maximum Gasteiger partial charge on any atom is 0.0541 e. The van der Waals surface area contributed by atoms with Crippen molar-refractivity contribution in [2.24, 2.45) is 5.92 Å². The molecule has 0 fully saturated rings. The van der Waals surface area contributed by atoms with E-state index in [0.717, 1.165) is 5.69 Å². The van der Waals surface area contributed by atoms with Crippen LogP contribution in [0.2, 0.25) is 0 Å². The third-order valence-corrected chi connectivity index (χ3v) is 12.4. The quantitative estimate of drug-likeness (QED) is 0.173. The summed E-state index contributed by atoms with van der Waals surface area (Å²) in [5.41, 5.74) is 12.6. The fraction of sp³-hybridized carbons (Fsp3) is 0.0943. The van der Waals surface area contributed by atoms with Gasteiger partial charge in [-0.15, -0.1) is 0 Å². The van der Waals surface area contributed by atoms with E-state index in [4.69, 9.17) is 0 Å². The molecule has 2 atom stereocenters. The Hall–Kier alpha value is -6.64. The summed E-state index contributed by atoms with van der Waals surface area (Å²) >= 11 is 0. The van der Waals surface area contributed by atoms with Crippen LogP contribution in [0.5, 0.6) is 0 Å². The zero-order valence-corrected chi connectivity index (χ0v) is 31.0. The fourth-order valence-electron chi connectivity index (χ4n) is 9.72. The Morgan fingerprint density at radius 2 is 1.22 bits per heavy atom. The zero-order valence-electron chi connectivity index (χ0n) is 31.0. The van der Waals surface area contributed by atoms with Crippen LogP contribution < -0.4 is 4.90 Å². The summed E-state index contributed by atoms with van der Waals surface area (Å²) in [7, 11) is 0. The topological polar surface area (TPSA) is 8.17 Å². The molecule has 2 nitrogen and oxygen atoms in total. The van der Waals surface area contributed by atoms with E-state index in [9.17, 15) is 0 Å². The summed E-state index contributed by atoms with van der Waals surface area (Å²) in [6.07, 6.45) is 7.35. The van der Waals surface area contributed by atoms with Gasteiger partial charge in [0.25, 0.3) is 0 Å². The number of aromatic nitrogens is 1. The van der Waals surface area contributed by atoms with Gasteiger partial charge in [0.2, 0.25) is 0 Å². The van der Waals surface area contributed by atoms with Crippen LogP contribution in [0.3, 0.4) is 0 Å². The Balaban J connectivity index is 1.02. The molecule has 0 saturated heterocycles. The number of hydrogen-bond donors (Lipinski definition) is 0. The SMILES string of the molecule is CC1(C)c2ccccc2C2C=C(N(c3ccc(-c4ccc5c(c4)c4ccccc4n5-c4ccc5ccccc5c4)cc3)c3cccc4ccccc34)C=CC21. The van der Waals surface area contributed by atoms with E-state index in [0.29, 0.717) is 11.8 Å². The molecule has 0 amide bonds. The van der Waals surface area contributed by atoms with Gasteiger partial charge in [-0.1, -0.05) is 153 Å². The Kier molecular flexibility index (Phi) is 7.06. The summed E-state index contributed by atoms with van der Waals surface area (Å²) in [6.45, 7) is 4.80. The number of benzene rings is 8. The molecule has 0 saturated carbocycles. The molecule has 0 bridgehead atoms. The highest BCUT2D eigenvalue weighted by atomic mass is 15.1. The summed E-state index contributed by atoms with van der Waals surface area (Å²) in [5, 5.41) is 7.50. The van der Waals surface area contributed by atoms with Crippen LogP contribution >= 0.6 is 0 Å². The standard InChI is InChI=1S/C53H40N2/c1-53(2)48-19-9-7-17-44(48)46-34-42(29-30-49(46)53)54(50-21-11-15-37-13-5-6-16-43(37)50)40-26-22-36(23-27-40)39-25-31-52-47(33-39)45-18-8-10-20-51(45)55(52)41-28-24-35-12-3-4-14-38(35)32-41/h3-34,46,49H,1-2H3. The van der Waals surface area contributed by atoms with Gasteiger partial charge in [0.05, 0.1) is 16.7 Å². The number of rotatable bonds is 5. The van der Waals surface area contributed by atoms with Crippen molar-refractivity contribution in [1.82, 2.24) is 4.57 Å². The van der Waals surface area contributed by atoms with Gasteiger partial charge in [0.1, 0.15) is 0 Å². The van der Waals surface area contributed by atoms with Crippen LogP contribution in [-0.2, 0) is 5.41 Å². The second kappa shape index (κ2) is 12.2. The fourth-order valence-corrected chi connectivity index (χ4v) is 9.72. The Labute approximate surface area is 321 Å². The molecule has 1 aromatic heterocycles. The lowest BCUT2D eigenvalue weighted by atomic mass is 9.74. The van der Waals surface area contributed by atoms with Crippen LogP contribution in [-0.4, -0.2) is 4.57 Å². The van der Waals surface area contributed by atoms with Gasteiger partial charge in [-0.25, -0.2) is 0 Å². The monoisotopic (exact) mass is 704 g/mol. The molecular weight excluding hydrogens is 665 g/mol. The highest BCUT2D eigenvalue weighted by molar-refractivity contribution is 6.10. The smallest absolute Gasteiger partial charge is 0.0541 e. The van der Waals surface area contributed by atoms with Gasteiger partial charge in [0.15, 0.2) is 0 Å². The van der Waals surface area contributed by atoms with Crippen LogP contribution in [0, 0.1) is 5.92 Å². The number of fused-ring (bicyclic) bond motifs is 8. The van der Waals surface area contributed by atoms with Gasteiger partial charge in [-0.3, -0.25) is 0 Å². The van der Waals surface area contributed by atoms with Crippen molar-refractivity contribution >= 4 is 54.7 Å². The lowest BCUT2D eigenvalue weighted by Gasteiger charge is -2.34. The number of allylic oxidation sites excluding steroid dienone is 3. The molecule has 262 valence electrons. The average molecular weight is 705 g/mol. The van der Waals surface area contributed by atoms with Crippen molar-refractivity contribution in [2.75, 3.05) is 4.90 Å². The second-order valence-corrected chi connectivity index (χ2v) is 15.8. The summed E-state index contributed by atoms with van der Waals surface area (Å²) in [6, 6.07) is 64.7. The second-order valence-electron chi connectivity index (χ2n) is 15.8. The Bertz CT molecular complexity index is 3020. The zero-order chi connectivity index (χ0) is 36.7. The highest BCUT2D eigenvalue weighted by Crippen LogP contribution is 2.54. The molecule has 1 heterocycles. The first-order chi connectivity index (χ1) is 27.0. The molecule has 0 aliphatic heterocycles. The maximum absolute atomic E-state index is 2.52. The first kappa shape index (κ1) is 31.8. The maximum atomic E-state index is 2.52. The number of hydrogen-bond acceptors (Lipinski definition) is 1. The molecule has 0 N–H and O–H groups in total. The third-order valence-electron chi connectivity index (χ3n) is 12.4. The molecule has 2 aliphatic rings. The van der Waals surface area contributed by atoms with E-state index < -0.39 is 0 Å². The lowest BCUT2D eigenvalue weighted by molar-refractivity contribution is 0.393. The van der Waals surface area contributed by atoms with E-state index in [1.54, 1.807) is 0 Å². The van der Waals surface area contributed by atoms with Crippen molar-refractivity contribution in [3.8, 4) is 16.8 Å². The van der Waals surface area contributed by atoms with Gasteiger partial charge < -0.3 is 9.47 Å². The molecule has 2 aliphatic carbocycles. The van der Waals surface area contributed by atoms with Crippen molar-refractivity contribution in [3.05, 3.63) is 211 Å². The van der Waals surface area contributed by atoms with E-state index >= 15 is 0 Å². The van der Waals surface area contributed by atoms with Crippen molar-refractivity contribution < 1.29 is 0 Å². The normalized spacial score (nSPS) is 17.1. The minimum absolute atomic E-state index is 0.0780. The molecule has 9 aromatic rings. The first-order valence-corrected chi connectivity index (χ1v) is 19.4. The van der Waals surface area contributed by atoms with Crippen molar-refractivity contribution in [1.29, 1.82) is 0 Å². The largest absolute Gasteiger partial charge is 0.310 e. The van der Waals surface area contributed by atoms with E-state index in [1.165, 1.54) is 82.7 Å². The van der Waals surface area contributed by atoms with Gasteiger partial charge in [0, 0.05) is 39.1 Å². The molecule has 8 aromatic carbocycles. The lowest BCUT2D eigenvalue weighted by Crippen LogP contribution is -2.27.